The Morgan fingerprint density at radius 3 is 2.56 bits per heavy atom. The van der Waals surface area contributed by atoms with Crippen LogP contribution in [0.15, 0.2) is 29.3 Å². The van der Waals surface area contributed by atoms with Gasteiger partial charge in [0.05, 0.1) is 19.3 Å². The predicted octanol–water partition coefficient (Wildman–Crippen LogP) is 3.29. The average Bonchev–Trinajstić information content (AvgIpc) is 2.54. The van der Waals surface area contributed by atoms with Crippen LogP contribution >= 0.6 is 35.6 Å². The van der Waals surface area contributed by atoms with E-state index in [2.05, 4.69) is 47.4 Å². The van der Waals surface area contributed by atoms with Gasteiger partial charge in [-0.25, -0.2) is 0 Å². The molecule has 1 aliphatic heterocycles. The molecule has 7 heteroatoms. The summed E-state index contributed by atoms with van der Waals surface area (Å²) in [5, 5.41) is 7.62. The van der Waals surface area contributed by atoms with Gasteiger partial charge < -0.3 is 15.4 Å². The summed E-state index contributed by atoms with van der Waals surface area (Å²) in [6, 6.07) is 8.32. The monoisotopic (exact) mass is 480 g/mol. The van der Waals surface area contributed by atoms with Gasteiger partial charge in [-0.15, -0.1) is 24.0 Å². The summed E-state index contributed by atoms with van der Waals surface area (Å²) < 4.78 is 5.50. The summed E-state index contributed by atoms with van der Waals surface area (Å²) in [5.41, 5.74) is 1.18. The number of guanidine groups is 1. The van der Waals surface area contributed by atoms with Crippen molar-refractivity contribution in [2.24, 2.45) is 4.99 Å². The second-order valence-corrected chi connectivity index (χ2v) is 7.48. The maximum Gasteiger partial charge on any atom is 0.191 e. The van der Waals surface area contributed by atoms with Gasteiger partial charge in [0, 0.05) is 37.2 Å². The number of ether oxygens (including phenoxy) is 1. The molecule has 0 radical (unpaired) electrons. The molecule has 1 aromatic rings. The van der Waals surface area contributed by atoms with Crippen LogP contribution in [0.3, 0.4) is 0 Å². The van der Waals surface area contributed by atoms with Gasteiger partial charge in [0.2, 0.25) is 0 Å². The number of rotatable bonds is 4. The van der Waals surface area contributed by atoms with Crippen molar-refractivity contribution in [1.29, 1.82) is 0 Å². The summed E-state index contributed by atoms with van der Waals surface area (Å²) in [7, 11) is 1.80. The molecule has 1 heterocycles. The van der Waals surface area contributed by atoms with Gasteiger partial charge in [0.15, 0.2) is 5.96 Å². The lowest BCUT2D eigenvalue weighted by molar-refractivity contribution is 0.0170. The van der Waals surface area contributed by atoms with Crippen molar-refractivity contribution in [3.8, 4) is 0 Å². The highest BCUT2D eigenvalue weighted by molar-refractivity contribution is 14.0. The van der Waals surface area contributed by atoms with Crippen molar-refractivity contribution in [3.05, 3.63) is 34.9 Å². The third kappa shape index (κ3) is 7.68. The molecule has 2 rings (SSSR count). The zero-order valence-corrected chi connectivity index (χ0v) is 18.6. The lowest BCUT2D eigenvalue weighted by atomic mass is 10.0. The average molecular weight is 481 g/mol. The molecule has 1 atom stereocenters. The summed E-state index contributed by atoms with van der Waals surface area (Å²) in [4.78, 5) is 6.76. The van der Waals surface area contributed by atoms with E-state index in [1.807, 2.05) is 18.2 Å². The van der Waals surface area contributed by atoms with Crippen LogP contribution in [0.25, 0.3) is 0 Å². The number of morpholine rings is 1. The highest BCUT2D eigenvalue weighted by Gasteiger charge is 2.23. The molecule has 0 bridgehead atoms. The molecule has 1 saturated heterocycles. The summed E-state index contributed by atoms with van der Waals surface area (Å²) in [5.74, 6) is 0.808. The topological polar surface area (TPSA) is 48.9 Å². The van der Waals surface area contributed by atoms with E-state index in [0.29, 0.717) is 0 Å². The van der Waals surface area contributed by atoms with E-state index < -0.39 is 0 Å². The second kappa shape index (κ2) is 10.5. The zero-order valence-electron chi connectivity index (χ0n) is 15.5. The minimum absolute atomic E-state index is 0. The molecule has 0 amide bonds. The minimum Gasteiger partial charge on any atom is -0.379 e. The van der Waals surface area contributed by atoms with Crippen LogP contribution in [-0.2, 0) is 4.74 Å². The van der Waals surface area contributed by atoms with Crippen LogP contribution in [0.2, 0.25) is 5.02 Å². The summed E-state index contributed by atoms with van der Waals surface area (Å²) in [6.07, 6.45) is 0. The molecular weight excluding hydrogens is 451 g/mol. The molecule has 5 nitrogen and oxygen atoms in total. The van der Waals surface area contributed by atoms with E-state index in [-0.39, 0.29) is 35.6 Å². The normalized spacial score (nSPS) is 17.6. The van der Waals surface area contributed by atoms with Gasteiger partial charge in [-0.2, -0.15) is 0 Å². The fraction of sp³-hybridized carbons (Fsp3) is 0.611. The summed E-state index contributed by atoms with van der Waals surface area (Å²) >= 11 is 6.21. The van der Waals surface area contributed by atoms with Gasteiger partial charge in [0.1, 0.15) is 0 Å². The molecular formula is C18H30ClIN4O. The molecule has 1 aromatic carbocycles. The van der Waals surface area contributed by atoms with Crippen LogP contribution < -0.4 is 10.6 Å². The number of aliphatic imine (C=N–C) groups is 1. The summed E-state index contributed by atoms with van der Waals surface area (Å²) in [6.45, 7) is 10.5. The number of nitrogens with zero attached hydrogens (tertiary/aromatic N) is 2. The highest BCUT2D eigenvalue weighted by Crippen LogP contribution is 2.24. The number of hydrogen-bond donors (Lipinski definition) is 2. The van der Waals surface area contributed by atoms with Crippen LogP contribution in [0.1, 0.15) is 32.4 Å². The number of nitrogens with one attached hydrogen (secondary N) is 2. The fourth-order valence-corrected chi connectivity index (χ4v) is 2.99. The number of halogens is 2. The van der Waals surface area contributed by atoms with Crippen LogP contribution in [0.4, 0.5) is 0 Å². The Morgan fingerprint density at radius 2 is 2.00 bits per heavy atom. The van der Waals surface area contributed by atoms with Crippen molar-refractivity contribution in [1.82, 2.24) is 15.5 Å². The van der Waals surface area contributed by atoms with Crippen molar-refractivity contribution >= 4 is 41.5 Å². The third-order valence-corrected chi connectivity index (χ3v) is 4.13. The minimum atomic E-state index is -0.0354. The first-order valence-corrected chi connectivity index (χ1v) is 8.83. The maximum absolute atomic E-state index is 6.21. The molecule has 2 N–H and O–H groups in total. The van der Waals surface area contributed by atoms with Gasteiger partial charge in [-0.1, -0.05) is 23.7 Å². The first kappa shape index (κ1) is 22.5. The molecule has 0 aliphatic carbocycles. The third-order valence-electron chi connectivity index (χ3n) is 3.90. The van der Waals surface area contributed by atoms with E-state index in [0.717, 1.165) is 43.8 Å². The van der Waals surface area contributed by atoms with E-state index in [1.165, 1.54) is 5.56 Å². The van der Waals surface area contributed by atoms with Crippen molar-refractivity contribution in [2.75, 3.05) is 39.9 Å². The standard InChI is InChI=1S/C18H29ClN4O.HI/c1-18(2,3)22-17(20-4)21-13-16(23-8-10-24-11-9-23)14-6-5-7-15(19)12-14;/h5-7,12,16H,8-11,13H2,1-4H3,(H2,20,21,22);1H. The molecule has 0 spiro atoms. The van der Waals surface area contributed by atoms with Gasteiger partial charge in [-0.3, -0.25) is 9.89 Å². The highest BCUT2D eigenvalue weighted by atomic mass is 127. The second-order valence-electron chi connectivity index (χ2n) is 7.05. The van der Waals surface area contributed by atoms with Crippen molar-refractivity contribution < 1.29 is 4.74 Å². The molecule has 1 unspecified atom stereocenters. The first-order valence-electron chi connectivity index (χ1n) is 8.45. The fourth-order valence-electron chi connectivity index (χ4n) is 2.79. The Morgan fingerprint density at radius 1 is 1.32 bits per heavy atom. The van der Waals surface area contributed by atoms with Crippen molar-refractivity contribution in [2.45, 2.75) is 32.4 Å². The quantitative estimate of drug-likeness (QED) is 0.394. The lowest BCUT2D eigenvalue weighted by Gasteiger charge is -2.35. The van der Waals surface area contributed by atoms with E-state index >= 15 is 0 Å². The van der Waals surface area contributed by atoms with E-state index in [4.69, 9.17) is 16.3 Å². The molecule has 142 valence electrons. The van der Waals surface area contributed by atoms with Crippen LogP contribution in [-0.4, -0.2) is 56.3 Å². The number of benzene rings is 1. The predicted molar refractivity (Wildman–Crippen MR) is 116 cm³/mol. The lowest BCUT2D eigenvalue weighted by Crippen LogP contribution is -2.50. The van der Waals surface area contributed by atoms with Crippen molar-refractivity contribution in [3.63, 3.8) is 0 Å². The molecule has 0 aromatic heterocycles. The van der Waals surface area contributed by atoms with Gasteiger partial charge in [0.25, 0.3) is 0 Å². The van der Waals surface area contributed by atoms with Crippen LogP contribution in [0, 0.1) is 0 Å². The first-order chi connectivity index (χ1) is 11.4. The van der Waals surface area contributed by atoms with E-state index in [1.54, 1.807) is 7.05 Å². The Hall–Kier alpha value is -0.570. The number of hydrogen-bond acceptors (Lipinski definition) is 3. The largest absolute Gasteiger partial charge is 0.379 e. The Bertz CT molecular complexity index is 556. The molecule has 1 aliphatic rings. The maximum atomic E-state index is 6.21. The Balaban J connectivity index is 0.00000312. The molecule has 1 fully saturated rings. The SMILES string of the molecule is CN=C(NCC(c1cccc(Cl)c1)N1CCOCC1)NC(C)(C)C.I. The van der Waals surface area contributed by atoms with Gasteiger partial charge >= 0.3 is 0 Å². The van der Waals surface area contributed by atoms with E-state index in [9.17, 15) is 0 Å². The molecule has 25 heavy (non-hydrogen) atoms. The Labute approximate surface area is 173 Å². The Kier molecular flexibility index (Phi) is 9.48. The molecule has 0 saturated carbocycles. The van der Waals surface area contributed by atoms with Crippen LogP contribution in [0.5, 0.6) is 0 Å². The zero-order chi connectivity index (χ0) is 17.6. The smallest absolute Gasteiger partial charge is 0.191 e. The van der Waals surface area contributed by atoms with Gasteiger partial charge in [-0.05, 0) is 38.5 Å².